The first-order valence-electron chi connectivity index (χ1n) is 7.19. The fraction of sp³-hybridized carbons (Fsp3) is 0.733. The lowest BCUT2D eigenvalue weighted by Crippen LogP contribution is -2.19. The topological polar surface area (TPSA) is 15.3 Å². The van der Waals surface area contributed by atoms with Gasteiger partial charge in [0, 0.05) is 35.9 Å². The Balaban J connectivity index is 1.80. The van der Waals surface area contributed by atoms with E-state index in [-0.39, 0.29) is 0 Å². The molecule has 2 nitrogen and oxygen atoms in total. The number of rotatable bonds is 6. The largest absolute Gasteiger partial charge is 0.312 e. The minimum atomic E-state index is 0.857. The SMILES string of the molecule is CCCNCc1ccc(CN2CC(C)C(C)C2)s1. The van der Waals surface area contributed by atoms with Crippen LogP contribution in [-0.4, -0.2) is 24.5 Å². The second-order valence-corrected chi connectivity index (χ2v) is 6.95. The minimum Gasteiger partial charge on any atom is -0.312 e. The first kappa shape index (κ1) is 14.0. The lowest BCUT2D eigenvalue weighted by molar-refractivity contribution is 0.319. The molecule has 2 heterocycles. The zero-order valence-electron chi connectivity index (χ0n) is 11.9. The van der Waals surface area contributed by atoms with E-state index in [1.165, 1.54) is 29.3 Å². The Morgan fingerprint density at radius 3 is 2.56 bits per heavy atom. The fourth-order valence-electron chi connectivity index (χ4n) is 2.59. The molecule has 1 saturated heterocycles. The monoisotopic (exact) mass is 266 g/mol. The number of nitrogens with zero attached hydrogens (tertiary/aromatic N) is 1. The van der Waals surface area contributed by atoms with Crippen LogP contribution in [0.5, 0.6) is 0 Å². The summed E-state index contributed by atoms with van der Waals surface area (Å²) in [6.07, 6.45) is 1.21. The van der Waals surface area contributed by atoms with Gasteiger partial charge in [-0.2, -0.15) is 0 Å². The Bertz CT molecular complexity index is 351. The van der Waals surface area contributed by atoms with E-state index in [2.05, 4.69) is 43.1 Å². The summed E-state index contributed by atoms with van der Waals surface area (Å²) in [6.45, 7) is 12.8. The summed E-state index contributed by atoms with van der Waals surface area (Å²) in [5.41, 5.74) is 0. The molecule has 0 aromatic carbocycles. The van der Waals surface area contributed by atoms with Gasteiger partial charge in [-0.1, -0.05) is 20.8 Å². The van der Waals surface area contributed by atoms with Crippen LogP contribution in [0.3, 0.4) is 0 Å². The highest BCUT2D eigenvalue weighted by Crippen LogP contribution is 2.26. The molecule has 1 N–H and O–H groups in total. The molecular formula is C15H26N2S. The number of hydrogen-bond acceptors (Lipinski definition) is 3. The van der Waals surface area contributed by atoms with E-state index in [0.717, 1.165) is 31.5 Å². The number of hydrogen-bond donors (Lipinski definition) is 1. The van der Waals surface area contributed by atoms with Crippen molar-refractivity contribution in [2.75, 3.05) is 19.6 Å². The van der Waals surface area contributed by atoms with E-state index in [1.807, 2.05) is 11.3 Å². The molecule has 0 saturated carbocycles. The smallest absolute Gasteiger partial charge is 0.0328 e. The van der Waals surface area contributed by atoms with Crippen molar-refractivity contribution in [3.05, 3.63) is 21.9 Å². The normalized spacial score (nSPS) is 24.8. The van der Waals surface area contributed by atoms with Crippen molar-refractivity contribution in [3.63, 3.8) is 0 Å². The molecule has 0 aliphatic carbocycles. The van der Waals surface area contributed by atoms with Gasteiger partial charge < -0.3 is 5.32 Å². The molecule has 2 unspecified atom stereocenters. The average molecular weight is 266 g/mol. The van der Waals surface area contributed by atoms with Crippen molar-refractivity contribution in [2.24, 2.45) is 11.8 Å². The molecule has 1 fully saturated rings. The first-order valence-corrected chi connectivity index (χ1v) is 8.01. The van der Waals surface area contributed by atoms with Crippen molar-refractivity contribution >= 4 is 11.3 Å². The molecule has 0 amide bonds. The van der Waals surface area contributed by atoms with Gasteiger partial charge >= 0.3 is 0 Å². The van der Waals surface area contributed by atoms with E-state index < -0.39 is 0 Å². The summed E-state index contributed by atoms with van der Waals surface area (Å²) >= 11 is 1.97. The van der Waals surface area contributed by atoms with E-state index in [0.29, 0.717) is 0 Å². The van der Waals surface area contributed by atoms with E-state index in [1.54, 1.807) is 0 Å². The van der Waals surface area contributed by atoms with Crippen LogP contribution in [0, 0.1) is 11.8 Å². The maximum absolute atomic E-state index is 3.47. The molecule has 1 aromatic heterocycles. The van der Waals surface area contributed by atoms with Crippen molar-refractivity contribution in [1.29, 1.82) is 0 Å². The van der Waals surface area contributed by atoms with Gasteiger partial charge in [0.15, 0.2) is 0 Å². The van der Waals surface area contributed by atoms with Crippen LogP contribution < -0.4 is 5.32 Å². The van der Waals surface area contributed by atoms with Crippen LogP contribution in [0.4, 0.5) is 0 Å². The van der Waals surface area contributed by atoms with E-state index in [9.17, 15) is 0 Å². The molecule has 3 heteroatoms. The van der Waals surface area contributed by atoms with Gasteiger partial charge in [-0.3, -0.25) is 4.90 Å². The van der Waals surface area contributed by atoms with Gasteiger partial charge in [0.25, 0.3) is 0 Å². The summed E-state index contributed by atoms with van der Waals surface area (Å²) in [4.78, 5) is 5.59. The van der Waals surface area contributed by atoms with E-state index in [4.69, 9.17) is 0 Å². The van der Waals surface area contributed by atoms with Crippen LogP contribution in [0.15, 0.2) is 12.1 Å². The Morgan fingerprint density at radius 1 is 1.22 bits per heavy atom. The summed E-state index contributed by atoms with van der Waals surface area (Å²) in [5, 5.41) is 3.47. The average Bonchev–Trinajstić information content (AvgIpc) is 2.88. The lowest BCUT2D eigenvalue weighted by Gasteiger charge is -2.13. The first-order chi connectivity index (χ1) is 8.69. The van der Waals surface area contributed by atoms with Gasteiger partial charge in [-0.05, 0) is 36.9 Å². The highest BCUT2D eigenvalue weighted by atomic mass is 32.1. The van der Waals surface area contributed by atoms with Gasteiger partial charge in [0.1, 0.15) is 0 Å². The number of likely N-dealkylation sites (tertiary alicyclic amines) is 1. The van der Waals surface area contributed by atoms with E-state index >= 15 is 0 Å². The Labute approximate surface area is 115 Å². The Kier molecular flexibility index (Phi) is 5.22. The Morgan fingerprint density at radius 2 is 1.89 bits per heavy atom. The quantitative estimate of drug-likeness (QED) is 0.795. The minimum absolute atomic E-state index is 0.857. The molecule has 1 aromatic rings. The van der Waals surface area contributed by atoms with Crippen molar-refractivity contribution < 1.29 is 0 Å². The van der Waals surface area contributed by atoms with Crippen LogP contribution >= 0.6 is 11.3 Å². The second kappa shape index (κ2) is 6.69. The summed E-state index contributed by atoms with van der Waals surface area (Å²) in [5.74, 6) is 1.71. The predicted molar refractivity (Wildman–Crippen MR) is 79.9 cm³/mol. The molecule has 0 spiro atoms. The molecular weight excluding hydrogens is 240 g/mol. The molecule has 1 aliphatic rings. The third kappa shape index (κ3) is 3.81. The Hall–Kier alpha value is -0.380. The highest BCUT2D eigenvalue weighted by molar-refractivity contribution is 7.11. The summed E-state index contributed by atoms with van der Waals surface area (Å²) in [6, 6.07) is 4.59. The van der Waals surface area contributed by atoms with Crippen molar-refractivity contribution in [2.45, 2.75) is 40.3 Å². The summed E-state index contributed by atoms with van der Waals surface area (Å²) in [7, 11) is 0. The summed E-state index contributed by atoms with van der Waals surface area (Å²) < 4.78 is 0. The maximum atomic E-state index is 3.47. The maximum Gasteiger partial charge on any atom is 0.0328 e. The van der Waals surface area contributed by atoms with Crippen molar-refractivity contribution in [1.82, 2.24) is 10.2 Å². The molecule has 2 atom stereocenters. The molecule has 0 radical (unpaired) electrons. The number of thiophene rings is 1. The zero-order valence-corrected chi connectivity index (χ0v) is 12.7. The standard InChI is InChI=1S/C15H26N2S/c1-4-7-16-8-14-5-6-15(18-14)11-17-9-12(2)13(3)10-17/h5-6,12-13,16H,4,7-11H2,1-3H3. The zero-order chi connectivity index (χ0) is 13.0. The molecule has 0 bridgehead atoms. The third-order valence-electron chi connectivity index (χ3n) is 3.89. The van der Waals surface area contributed by atoms with Gasteiger partial charge in [-0.15, -0.1) is 11.3 Å². The molecule has 102 valence electrons. The van der Waals surface area contributed by atoms with Gasteiger partial charge in [0.2, 0.25) is 0 Å². The third-order valence-corrected chi connectivity index (χ3v) is 4.96. The fourth-order valence-corrected chi connectivity index (χ4v) is 3.62. The van der Waals surface area contributed by atoms with Gasteiger partial charge in [-0.25, -0.2) is 0 Å². The molecule has 18 heavy (non-hydrogen) atoms. The number of nitrogens with one attached hydrogen (secondary N) is 1. The van der Waals surface area contributed by atoms with Crippen molar-refractivity contribution in [3.8, 4) is 0 Å². The van der Waals surface area contributed by atoms with Crippen LogP contribution in [0.1, 0.15) is 36.9 Å². The van der Waals surface area contributed by atoms with Gasteiger partial charge in [0.05, 0.1) is 0 Å². The lowest BCUT2D eigenvalue weighted by atomic mass is 10.0. The molecule has 1 aliphatic heterocycles. The molecule has 2 rings (SSSR count). The highest BCUT2D eigenvalue weighted by Gasteiger charge is 2.25. The predicted octanol–water partition coefficient (Wildman–Crippen LogP) is 3.34. The van der Waals surface area contributed by atoms with Crippen LogP contribution in [-0.2, 0) is 13.1 Å². The van der Waals surface area contributed by atoms with Crippen LogP contribution in [0.25, 0.3) is 0 Å². The van der Waals surface area contributed by atoms with Crippen LogP contribution in [0.2, 0.25) is 0 Å². The second-order valence-electron chi connectivity index (χ2n) is 5.69.